The Morgan fingerprint density at radius 3 is 2.23 bits per heavy atom. The highest BCUT2D eigenvalue weighted by Crippen LogP contribution is 2.28. The monoisotopic (exact) mass is 357 g/mol. The first-order valence-corrected chi connectivity index (χ1v) is 8.46. The third-order valence-electron chi connectivity index (χ3n) is 3.45. The van der Waals surface area contributed by atoms with Crippen LogP contribution in [-0.2, 0) is 9.53 Å². The molecule has 0 heterocycles. The molecule has 0 aliphatic carbocycles. The summed E-state index contributed by atoms with van der Waals surface area (Å²) in [5, 5.41) is 2.67. The molecule has 0 aromatic heterocycles. The summed E-state index contributed by atoms with van der Waals surface area (Å²) in [4.78, 5) is 24.1. The first kappa shape index (κ1) is 19.3. The van der Waals surface area contributed by atoms with Crippen molar-refractivity contribution in [3.63, 3.8) is 0 Å². The topological polar surface area (TPSA) is 73.9 Å². The van der Waals surface area contributed by atoms with Crippen LogP contribution in [0, 0.1) is 6.92 Å². The van der Waals surface area contributed by atoms with Gasteiger partial charge in [-0.1, -0.05) is 17.7 Å². The molecule has 0 saturated heterocycles. The molecule has 0 aliphatic heterocycles. The molecule has 2 aromatic rings. The molecule has 2 rings (SSSR count). The molecule has 2 aromatic carbocycles. The van der Waals surface area contributed by atoms with Gasteiger partial charge in [-0.2, -0.15) is 0 Å². The number of anilines is 1. The number of amides is 1. The minimum absolute atomic E-state index is 0.292. The molecule has 0 aliphatic rings. The molecule has 0 unspecified atom stereocenters. The molecular weight excluding hydrogens is 334 g/mol. The largest absolute Gasteiger partial charge is 0.490 e. The van der Waals surface area contributed by atoms with Gasteiger partial charge in [0.2, 0.25) is 0 Å². The van der Waals surface area contributed by atoms with Gasteiger partial charge in [0.15, 0.2) is 18.1 Å². The zero-order valence-corrected chi connectivity index (χ0v) is 15.2. The van der Waals surface area contributed by atoms with E-state index in [0.29, 0.717) is 36.0 Å². The van der Waals surface area contributed by atoms with Crippen LogP contribution in [0.15, 0.2) is 42.5 Å². The summed E-state index contributed by atoms with van der Waals surface area (Å²) < 4.78 is 16.0. The van der Waals surface area contributed by atoms with Gasteiger partial charge in [-0.05, 0) is 51.1 Å². The van der Waals surface area contributed by atoms with Crippen molar-refractivity contribution in [2.45, 2.75) is 20.8 Å². The number of hydrogen-bond donors (Lipinski definition) is 1. The summed E-state index contributed by atoms with van der Waals surface area (Å²) >= 11 is 0. The Balaban J connectivity index is 1.95. The zero-order valence-electron chi connectivity index (χ0n) is 15.2. The smallest absolute Gasteiger partial charge is 0.338 e. The molecule has 6 heteroatoms. The summed E-state index contributed by atoms with van der Waals surface area (Å²) in [7, 11) is 0. The summed E-state index contributed by atoms with van der Waals surface area (Å²) in [6, 6.07) is 12.1. The molecular formula is C20H23NO5. The Hall–Kier alpha value is -3.02. The average Bonchev–Trinajstić information content (AvgIpc) is 2.63. The van der Waals surface area contributed by atoms with E-state index in [4.69, 9.17) is 14.2 Å². The second-order valence-corrected chi connectivity index (χ2v) is 5.52. The van der Waals surface area contributed by atoms with Crippen LogP contribution >= 0.6 is 0 Å². The van der Waals surface area contributed by atoms with Crippen molar-refractivity contribution < 1.29 is 23.8 Å². The Morgan fingerprint density at radius 2 is 1.58 bits per heavy atom. The number of ether oxygens (including phenoxy) is 3. The lowest BCUT2D eigenvalue weighted by Gasteiger charge is -2.12. The van der Waals surface area contributed by atoms with E-state index in [-0.39, 0.29) is 6.61 Å². The number of aryl methyl sites for hydroxylation is 1. The van der Waals surface area contributed by atoms with Crippen LogP contribution in [0.2, 0.25) is 0 Å². The molecule has 1 N–H and O–H groups in total. The second-order valence-electron chi connectivity index (χ2n) is 5.52. The number of carbonyl (C=O) groups is 2. The third-order valence-corrected chi connectivity index (χ3v) is 3.45. The van der Waals surface area contributed by atoms with E-state index in [9.17, 15) is 9.59 Å². The fourth-order valence-corrected chi connectivity index (χ4v) is 2.23. The lowest BCUT2D eigenvalue weighted by atomic mass is 10.2. The Kier molecular flexibility index (Phi) is 7.02. The molecule has 0 radical (unpaired) electrons. The average molecular weight is 357 g/mol. The molecule has 0 atom stereocenters. The van der Waals surface area contributed by atoms with Gasteiger partial charge in [-0.15, -0.1) is 0 Å². The molecule has 0 saturated carbocycles. The zero-order chi connectivity index (χ0) is 18.9. The van der Waals surface area contributed by atoms with Crippen LogP contribution in [-0.4, -0.2) is 31.7 Å². The Labute approximate surface area is 153 Å². The maximum absolute atomic E-state index is 12.2. The highest BCUT2D eigenvalue weighted by molar-refractivity contribution is 5.95. The summed E-state index contributed by atoms with van der Waals surface area (Å²) in [5.41, 5.74) is 2.03. The van der Waals surface area contributed by atoms with Gasteiger partial charge >= 0.3 is 5.97 Å². The fourth-order valence-electron chi connectivity index (χ4n) is 2.23. The molecule has 0 bridgehead atoms. The molecule has 0 spiro atoms. The van der Waals surface area contributed by atoms with Gasteiger partial charge in [0.1, 0.15) is 0 Å². The van der Waals surface area contributed by atoms with Crippen LogP contribution in [0.5, 0.6) is 11.5 Å². The fraction of sp³-hybridized carbons (Fsp3) is 0.300. The van der Waals surface area contributed by atoms with Crippen LogP contribution < -0.4 is 14.8 Å². The van der Waals surface area contributed by atoms with E-state index >= 15 is 0 Å². The summed E-state index contributed by atoms with van der Waals surface area (Å²) in [5.74, 6) is 0.0159. The quantitative estimate of drug-likeness (QED) is 0.731. The molecule has 26 heavy (non-hydrogen) atoms. The van der Waals surface area contributed by atoms with Gasteiger partial charge < -0.3 is 19.5 Å². The van der Waals surface area contributed by atoms with Crippen molar-refractivity contribution >= 4 is 17.6 Å². The number of hydrogen-bond acceptors (Lipinski definition) is 5. The number of benzene rings is 2. The Morgan fingerprint density at radius 1 is 0.923 bits per heavy atom. The van der Waals surface area contributed by atoms with E-state index in [2.05, 4.69) is 5.32 Å². The maximum Gasteiger partial charge on any atom is 0.338 e. The highest BCUT2D eigenvalue weighted by Gasteiger charge is 2.14. The SMILES string of the molecule is CCOc1ccc(C(=O)OCC(=O)Nc2ccc(C)cc2)cc1OCC. The lowest BCUT2D eigenvalue weighted by molar-refractivity contribution is -0.119. The third kappa shape index (κ3) is 5.51. The molecule has 0 fully saturated rings. The molecule has 6 nitrogen and oxygen atoms in total. The van der Waals surface area contributed by atoms with E-state index in [1.165, 1.54) is 0 Å². The van der Waals surface area contributed by atoms with Gasteiger partial charge in [-0.25, -0.2) is 4.79 Å². The lowest BCUT2D eigenvalue weighted by Crippen LogP contribution is -2.21. The van der Waals surface area contributed by atoms with Gasteiger partial charge in [0.25, 0.3) is 5.91 Å². The van der Waals surface area contributed by atoms with E-state index < -0.39 is 11.9 Å². The van der Waals surface area contributed by atoms with Gasteiger partial charge in [-0.3, -0.25) is 4.79 Å². The van der Waals surface area contributed by atoms with Crippen molar-refractivity contribution in [1.82, 2.24) is 0 Å². The normalized spacial score (nSPS) is 10.1. The predicted molar refractivity (Wildman–Crippen MR) is 98.9 cm³/mol. The Bertz CT molecular complexity index is 755. The van der Waals surface area contributed by atoms with E-state index in [0.717, 1.165) is 5.56 Å². The van der Waals surface area contributed by atoms with Crippen molar-refractivity contribution in [2.75, 3.05) is 25.1 Å². The number of carbonyl (C=O) groups excluding carboxylic acids is 2. The summed E-state index contributed by atoms with van der Waals surface area (Å²) in [6.07, 6.45) is 0. The van der Waals surface area contributed by atoms with Crippen molar-refractivity contribution in [1.29, 1.82) is 0 Å². The van der Waals surface area contributed by atoms with Gasteiger partial charge in [0.05, 0.1) is 18.8 Å². The highest BCUT2D eigenvalue weighted by atomic mass is 16.5. The first-order chi connectivity index (χ1) is 12.5. The maximum atomic E-state index is 12.2. The van der Waals surface area contributed by atoms with Crippen LogP contribution in [0.4, 0.5) is 5.69 Å². The summed E-state index contributed by atoms with van der Waals surface area (Å²) in [6.45, 7) is 6.23. The van der Waals surface area contributed by atoms with Gasteiger partial charge in [0, 0.05) is 5.69 Å². The van der Waals surface area contributed by atoms with E-state index in [1.807, 2.05) is 32.9 Å². The van der Waals surface area contributed by atoms with Crippen molar-refractivity contribution in [3.05, 3.63) is 53.6 Å². The second kappa shape index (κ2) is 9.46. The number of nitrogens with one attached hydrogen (secondary N) is 1. The standard InChI is InChI=1S/C20H23NO5/c1-4-24-17-11-8-15(12-18(17)25-5-2)20(23)26-13-19(22)21-16-9-6-14(3)7-10-16/h6-12H,4-5,13H2,1-3H3,(H,21,22). The molecule has 1 amide bonds. The van der Waals surface area contributed by atoms with Crippen molar-refractivity contribution in [2.24, 2.45) is 0 Å². The molecule has 138 valence electrons. The predicted octanol–water partition coefficient (Wildman–Crippen LogP) is 3.59. The van der Waals surface area contributed by atoms with Crippen LogP contribution in [0.25, 0.3) is 0 Å². The van der Waals surface area contributed by atoms with E-state index in [1.54, 1.807) is 30.3 Å². The minimum atomic E-state index is -0.604. The number of rotatable bonds is 8. The first-order valence-electron chi connectivity index (χ1n) is 8.46. The van der Waals surface area contributed by atoms with Crippen LogP contribution in [0.1, 0.15) is 29.8 Å². The van der Waals surface area contributed by atoms with Crippen LogP contribution in [0.3, 0.4) is 0 Å². The number of esters is 1. The van der Waals surface area contributed by atoms with Crippen molar-refractivity contribution in [3.8, 4) is 11.5 Å². The minimum Gasteiger partial charge on any atom is -0.490 e.